The van der Waals surface area contributed by atoms with Crippen LogP contribution in [0.4, 0.5) is 5.69 Å². The highest BCUT2D eigenvalue weighted by Gasteiger charge is 2.20. The molecule has 0 saturated carbocycles. The average Bonchev–Trinajstić information content (AvgIpc) is 3.35. The summed E-state index contributed by atoms with van der Waals surface area (Å²) in [6.07, 6.45) is 0.248. The fourth-order valence-electron chi connectivity index (χ4n) is 3.52. The SMILES string of the molecule is Cc1c(Cl)cccc1CC(=O)c1sc2nc(-c3ccc4c(c3)OCO4)ccc2c1N. The molecule has 0 radical (unpaired) electrons. The van der Waals surface area contributed by atoms with Gasteiger partial charge in [0.2, 0.25) is 6.79 Å². The monoisotopic (exact) mass is 436 g/mol. The molecule has 1 aliphatic heterocycles. The number of ether oxygens (including phenoxy) is 2. The summed E-state index contributed by atoms with van der Waals surface area (Å²) in [5.74, 6) is 1.39. The van der Waals surface area contributed by atoms with Crippen LogP contribution in [0.3, 0.4) is 0 Å². The second kappa shape index (κ2) is 7.31. The zero-order valence-electron chi connectivity index (χ0n) is 16.1. The van der Waals surface area contributed by atoms with Gasteiger partial charge in [-0.15, -0.1) is 11.3 Å². The maximum atomic E-state index is 13.0. The van der Waals surface area contributed by atoms with Crippen molar-refractivity contribution in [1.82, 2.24) is 4.98 Å². The highest BCUT2D eigenvalue weighted by atomic mass is 35.5. The Morgan fingerprint density at radius 3 is 2.87 bits per heavy atom. The molecule has 0 aliphatic carbocycles. The van der Waals surface area contributed by atoms with Crippen LogP contribution in [0.5, 0.6) is 11.5 Å². The molecule has 1 aliphatic rings. The molecule has 5 nitrogen and oxygen atoms in total. The minimum Gasteiger partial charge on any atom is -0.454 e. The normalized spacial score (nSPS) is 12.5. The van der Waals surface area contributed by atoms with Crippen LogP contribution >= 0.6 is 22.9 Å². The molecular weight excluding hydrogens is 420 g/mol. The fourth-order valence-corrected chi connectivity index (χ4v) is 4.74. The Labute approximate surface area is 182 Å². The van der Waals surface area contributed by atoms with Crippen LogP contribution < -0.4 is 15.2 Å². The van der Waals surface area contributed by atoms with E-state index in [1.165, 1.54) is 11.3 Å². The summed E-state index contributed by atoms with van der Waals surface area (Å²) in [6, 6.07) is 15.1. The van der Waals surface area contributed by atoms with E-state index in [0.29, 0.717) is 21.3 Å². The second-order valence-corrected chi connectivity index (χ2v) is 8.49. The van der Waals surface area contributed by atoms with Gasteiger partial charge in [-0.05, 0) is 54.4 Å². The number of benzene rings is 2. The van der Waals surface area contributed by atoms with Gasteiger partial charge in [0.05, 0.1) is 16.3 Å². The third-order valence-corrected chi connectivity index (χ3v) is 6.81. The summed E-state index contributed by atoms with van der Waals surface area (Å²) < 4.78 is 10.8. The lowest BCUT2D eigenvalue weighted by molar-refractivity contribution is 0.0997. The Morgan fingerprint density at radius 1 is 1.17 bits per heavy atom. The topological polar surface area (TPSA) is 74.4 Å². The Balaban J connectivity index is 1.49. The summed E-state index contributed by atoms with van der Waals surface area (Å²) in [5.41, 5.74) is 10.3. The van der Waals surface area contributed by atoms with Crippen LogP contribution in [0.15, 0.2) is 48.5 Å². The first-order chi connectivity index (χ1) is 14.5. The summed E-state index contributed by atoms with van der Waals surface area (Å²) in [6.45, 7) is 2.14. The molecule has 2 N–H and O–H groups in total. The number of halogens is 1. The maximum Gasteiger partial charge on any atom is 0.231 e. The predicted molar refractivity (Wildman–Crippen MR) is 120 cm³/mol. The zero-order chi connectivity index (χ0) is 20.8. The molecule has 0 atom stereocenters. The molecule has 7 heteroatoms. The second-order valence-electron chi connectivity index (χ2n) is 7.09. The first kappa shape index (κ1) is 18.9. The van der Waals surface area contributed by atoms with Crippen LogP contribution in [0.1, 0.15) is 20.8 Å². The molecule has 0 fully saturated rings. The van der Waals surface area contributed by atoms with Crippen molar-refractivity contribution in [3.63, 3.8) is 0 Å². The molecule has 0 bridgehead atoms. The minimum absolute atomic E-state index is 0.0366. The number of hydrogen-bond acceptors (Lipinski definition) is 6. The number of anilines is 1. The Kier molecular flexibility index (Phi) is 4.60. The van der Waals surface area contributed by atoms with Crippen LogP contribution in [0, 0.1) is 6.92 Å². The van der Waals surface area contributed by atoms with E-state index in [-0.39, 0.29) is 19.0 Å². The van der Waals surface area contributed by atoms with Gasteiger partial charge in [0.25, 0.3) is 0 Å². The number of carbonyl (C=O) groups is 1. The molecule has 30 heavy (non-hydrogen) atoms. The maximum absolute atomic E-state index is 13.0. The number of ketones is 1. The number of rotatable bonds is 4. The number of nitrogen functional groups attached to an aromatic ring is 1. The lowest BCUT2D eigenvalue weighted by Crippen LogP contribution is -2.05. The van der Waals surface area contributed by atoms with Crippen molar-refractivity contribution in [2.45, 2.75) is 13.3 Å². The standard InChI is InChI=1S/C23H17ClN2O3S/c1-12-13(3-2-4-16(12)24)9-18(27)22-21(25)15-6-7-17(26-23(15)30-22)14-5-8-19-20(10-14)29-11-28-19/h2-8,10H,9,11,25H2,1H3. The number of hydrogen-bond donors (Lipinski definition) is 1. The van der Waals surface area contributed by atoms with Gasteiger partial charge < -0.3 is 15.2 Å². The number of Topliss-reactive ketones (excluding diaryl/α,β-unsaturated/α-hetero) is 1. The van der Waals surface area contributed by atoms with Crippen molar-refractivity contribution in [3.05, 3.63) is 69.6 Å². The van der Waals surface area contributed by atoms with E-state index in [2.05, 4.69) is 0 Å². The van der Waals surface area contributed by atoms with Crippen molar-refractivity contribution in [2.24, 2.45) is 0 Å². The molecule has 0 spiro atoms. The number of fused-ring (bicyclic) bond motifs is 2. The molecule has 5 rings (SSSR count). The third-order valence-electron chi connectivity index (χ3n) is 5.25. The van der Waals surface area contributed by atoms with Gasteiger partial charge >= 0.3 is 0 Å². The summed E-state index contributed by atoms with van der Waals surface area (Å²) in [4.78, 5) is 19.0. The smallest absolute Gasteiger partial charge is 0.231 e. The molecule has 150 valence electrons. The van der Waals surface area contributed by atoms with Crippen LogP contribution in [0.25, 0.3) is 21.5 Å². The van der Waals surface area contributed by atoms with E-state index >= 15 is 0 Å². The van der Waals surface area contributed by atoms with Gasteiger partial charge in [-0.3, -0.25) is 4.79 Å². The van der Waals surface area contributed by atoms with Crippen molar-refractivity contribution in [2.75, 3.05) is 12.5 Å². The molecule has 4 aromatic rings. The van der Waals surface area contributed by atoms with Gasteiger partial charge in [0, 0.05) is 22.4 Å². The van der Waals surface area contributed by atoms with Crippen LogP contribution in [0.2, 0.25) is 5.02 Å². The summed E-state index contributed by atoms with van der Waals surface area (Å²) >= 11 is 7.51. The molecule has 2 aromatic heterocycles. The number of nitrogens with zero attached hydrogens (tertiary/aromatic N) is 1. The summed E-state index contributed by atoms with van der Waals surface area (Å²) in [5, 5.41) is 1.44. The lowest BCUT2D eigenvalue weighted by Gasteiger charge is -2.06. The Bertz CT molecular complexity index is 1320. The average molecular weight is 437 g/mol. The van der Waals surface area contributed by atoms with E-state index in [1.54, 1.807) is 0 Å². The van der Waals surface area contributed by atoms with E-state index in [9.17, 15) is 4.79 Å². The minimum atomic E-state index is -0.0366. The van der Waals surface area contributed by atoms with Crippen molar-refractivity contribution >= 4 is 44.6 Å². The molecular formula is C23H17ClN2O3S. The Hall–Kier alpha value is -3.09. The van der Waals surface area contributed by atoms with Gasteiger partial charge in [-0.25, -0.2) is 4.98 Å². The fraction of sp³-hybridized carbons (Fsp3) is 0.130. The van der Waals surface area contributed by atoms with E-state index in [4.69, 9.17) is 31.8 Å². The van der Waals surface area contributed by atoms with E-state index in [1.807, 2.05) is 55.5 Å². The molecule has 0 amide bonds. The van der Waals surface area contributed by atoms with E-state index in [0.717, 1.165) is 38.4 Å². The highest BCUT2D eigenvalue weighted by molar-refractivity contribution is 7.21. The third kappa shape index (κ3) is 3.18. The van der Waals surface area contributed by atoms with Crippen LogP contribution in [-0.4, -0.2) is 17.6 Å². The largest absolute Gasteiger partial charge is 0.454 e. The number of nitrogens with two attached hydrogens (primary N) is 1. The zero-order valence-corrected chi connectivity index (χ0v) is 17.6. The number of carbonyl (C=O) groups excluding carboxylic acids is 1. The van der Waals surface area contributed by atoms with Crippen molar-refractivity contribution in [3.8, 4) is 22.8 Å². The Morgan fingerprint density at radius 2 is 2.00 bits per heavy atom. The van der Waals surface area contributed by atoms with Gasteiger partial charge in [-0.1, -0.05) is 23.7 Å². The van der Waals surface area contributed by atoms with E-state index < -0.39 is 0 Å². The van der Waals surface area contributed by atoms with Crippen LogP contribution in [-0.2, 0) is 6.42 Å². The first-order valence-corrected chi connectivity index (χ1v) is 10.6. The van der Waals surface area contributed by atoms with Crippen molar-refractivity contribution < 1.29 is 14.3 Å². The molecule has 0 unspecified atom stereocenters. The number of thiophene rings is 1. The van der Waals surface area contributed by atoms with Gasteiger partial charge in [0.1, 0.15) is 4.83 Å². The first-order valence-electron chi connectivity index (χ1n) is 9.37. The highest BCUT2D eigenvalue weighted by Crippen LogP contribution is 2.38. The number of aromatic nitrogens is 1. The number of pyridine rings is 1. The molecule has 0 saturated heterocycles. The summed E-state index contributed by atoms with van der Waals surface area (Å²) in [7, 11) is 0. The van der Waals surface area contributed by atoms with Crippen molar-refractivity contribution in [1.29, 1.82) is 0 Å². The predicted octanol–water partition coefficient (Wildman–Crippen LogP) is 5.66. The van der Waals surface area contributed by atoms with Gasteiger partial charge in [0.15, 0.2) is 17.3 Å². The molecule has 2 aromatic carbocycles. The van der Waals surface area contributed by atoms with Gasteiger partial charge in [-0.2, -0.15) is 0 Å². The molecule has 3 heterocycles. The lowest BCUT2D eigenvalue weighted by atomic mass is 10.0. The quantitative estimate of drug-likeness (QED) is 0.418.